The Morgan fingerprint density at radius 2 is 1.89 bits per heavy atom. The maximum absolute atomic E-state index is 11.6. The van der Waals surface area contributed by atoms with Crippen molar-refractivity contribution in [2.45, 2.75) is 19.9 Å². The van der Waals surface area contributed by atoms with Crippen LogP contribution in [-0.4, -0.2) is 41.8 Å². The van der Waals surface area contributed by atoms with Crippen molar-refractivity contribution in [1.82, 2.24) is 4.90 Å². The lowest BCUT2D eigenvalue weighted by Crippen LogP contribution is -2.30. The van der Waals surface area contributed by atoms with Gasteiger partial charge in [0.2, 0.25) is 0 Å². The van der Waals surface area contributed by atoms with Crippen LogP contribution in [0.25, 0.3) is 0 Å². The van der Waals surface area contributed by atoms with Crippen LogP contribution in [0.3, 0.4) is 0 Å². The van der Waals surface area contributed by atoms with Gasteiger partial charge in [-0.05, 0) is 43.2 Å². The van der Waals surface area contributed by atoms with E-state index in [1.54, 1.807) is 12.1 Å². The van der Waals surface area contributed by atoms with E-state index in [0.717, 1.165) is 38.2 Å². The first-order valence-corrected chi connectivity index (χ1v) is 9.23. The molecule has 0 unspecified atom stereocenters. The van der Waals surface area contributed by atoms with Crippen LogP contribution >= 0.6 is 0 Å². The smallest absolute Gasteiger partial charge is 0.293 e. The van der Waals surface area contributed by atoms with Gasteiger partial charge in [0.25, 0.3) is 5.69 Å². The van der Waals surface area contributed by atoms with Gasteiger partial charge in [0.15, 0.2) is 5.78 Å². The van der Waals surface area contributed by atoms with Gasteiger partial charge in [0, 0.05) is 44.4 Å². The number of nitriles is 1. The van der Waals surface area contributed by atoms with Gasteiger partial charge < -0.3 is 4.90 Å². The number of carbonyl (C=O) groups excluding carboxylic acids is 1. The second-order valence-corrected chi connectivity index (χ2v) is 6.94. The third kappa shape index (κ3) is 4.53. The van der Waals surface area contributed by atoms with Crippen molar-refractivity contribution in [1.29, 1.82) is 5.26 Å². The highest BCUT2D eigenvalue weighted by Gasteiger charge is 2.23. The first kappa shape index (κ1) is 19.5. The van der Waals surface area contributed by atoms with E-state index in [2.05, 4.69) is 11.0 Å². The number of nitro benzene ring substituents is 1. The predicted octanol–water partition coefficient (Wildman–Crippen LogP) is 3.38. The average Bonchev–Trinajstić information content (AvgIpc) is 2.93. The molecule has 2 aromatic carbocycles. The normalized spacial score (nSPS) is 14.9. The molecule has 1 fully saturated rings. The molecule has 7 nitrogen and oxygen atoms in total. The number of carbonyl (C=O) groups is 1. The molecule has 7 heteroatoms. The highest BCUT2D eigenvalue weighted by atomic mass is 16.6. The molecule has 0 aromatic heterocycles. The Kier molecular flexibility index (Phi) is 6.02. The zero-order chi connectivity index (χ0) is 20.1. The first-order valence-electron chi connectivity index (χ1n) is 9.23. The average molecular weight is 378 g/mol. The van der Waals surface area contributed by atoms with Gasteiger partial charge in [-0.2, -0.15) is 5.26 Å². The van der Waals surface area contributed by atoms with Gasteiger partial charge in [-0.25, -0.2) is 0 Å². The molecule has 1 aliphatic rings. The molecule has 3 rings (SSSR count). The summed E-state index contributed by atoms with van der Waals surface area (Å²) in [6, 6.07) is 14.4. The van der Waals surface area contributed by atoms with Crippen LogP contribution in [-0.2, 0) is 6.54 Å². The summed E-state index contributed by atoms with van der Waals surface area (Å²) in [7, 11) is 0. The van der Waals surface area contributed by atoms with Crippen molar-refractivity contribution in [3.63, 3.8) is 0 Å². The van der Waals surface area contributed by atoms with Crippen molar-refractivity contribution >= 4 is 17.2 Å². The molecule has 1 heterocycles. The number of hydrogen-bond donors (Lipinski definition) is 0. The number of rotatable bonds is 5. The minimum Gasteiger partial charge on any atom is -0.365 e. The molecule has 28 heavy (non-hydrogen) atoms. The zero-order valence-corrected chi connectivity index (χ0v) is 15.8. The summed E-state index contributed by atoms with van der Waals surface area (Å²) in [6.45, 7) is 5.28. The lowest BCUT2D eigenvalue weighted by atomic mass is 10.1. The summed E-state index contributed by atoms with van der Waals surface area (Å²) < 4.78 is 0. The number of anilines is 1. The molecule has 0 saturated carbocycles. The van der Waals surface area contributed by atoms with Crippen LogP contribution in [0.4, 0.5) is 11.4 Å². The highest BCUT2D eigenvalue weighted by Crippen LogP contribution is 2.30. The number of benzene rings is 2. The van der Waals surface area contributed by atoms with E-state index >= 15 is 0 Å². The summed E-state index contributed by atoms with van der Waals surface area (Å²) in [5, 5.41) is 20.4. The Morgan fingerprint density at radius 1 is 1.14 bits per heavy atom. The van der Waals surface area contributed by atoms with Crippen LogP contribution in [0.2, 0.25) is 0 Å². The summed E-state index contributed by atoms with van der Waals surface area (Å²) in [4.78, 5) is 27.0. The minimum atomic E-state index is -0.415. The summed E-state index contributed by atoms with van der Waals surface area (Å²) in [5.74, 6) is -0.181. The molecule has 0 bridgehead atoms. The minimum absolute atomic E-state index is 0.0201. The molecule has 0 amide bonds. The third-order valence-electron chi connectivity index (χ3n) is 5.00. The molecular weight excluding hydrogens is 356 g/mol. The van der Waals surface area contributed by atoms with Gasteiger partial charge in [-0.3, -0.25) is 19.8 Å². The Bertz CT molecular complexity index is 918. The monoisotopic (exact) mass is 378 g/mol. The van der Waals surface area contributed by atoms with Crippen molar-refractivity contribution in [3.05, 3.63) is 69.3 Å². The molecule has 1 saturated heterocycles. The first-order chi connectivity index (χ1) is 13.5. The van der Waals surface area contributed by atoms with E-state index in [-0.39, 0.29) is 11.5 Å². The fourth-order valence-electron chi connectivity index (χ4n) is 3.47. The summed E-state index contributed by atoms with van der Waals surface area (Å²) in [6.07, 6.45) is 0.891. The Labute approximate surface area is 163 Å². The quantitative estimate of drug-likeness (QED) is 0.450. The van der Waals surface area contributed by atoms with Gasteiger partial charge in [-0.1, -0.05) is 12.1 Å². The second kappa shape index (κ2) is 8.63. The van der Waals surface area contributed by atoms with Crippen LogP contribution < -0.4 is 4.90 Å². The van der Waals surface area contributed by atoms with Gasteiger partial charge in [-0.15, -0.1) is 0 Å². The summed E-state index contributed by atoms with van der Waals surface area (Å²) >= 11 is 0. The molecule has 2 aromatic rings. The van der Waals surface area contributed by atoms with Crippen molar-refractivity contribution in [2.24, 2.45) is 0 Å². The number of hydrogen-bond acceptors (Lipinski definition) is 6. The standard InChI is InChI=1S/C21H22N4O3/c1-16(26)19-7-8-20(21(13-19)25(27)28)24-10-2-9-23(11-12-24)15-18-5-3-17(14-22)4-6-18/h3-8,13H,2,9-12,15H2,1H3. The molecule has 1 aliphatic heterocycles. The lowest BCUT2D eigenvalue weighted by Gasteiger charge is -2.23. The fraction of sp³-hybridized carbons (Fsp3) is 0.333. The third-order valence-corrected chi connectivity index (χ3v) is 5.00. The Balaban J connectivity index is 1.72. The van der Waals surface area contributed by atoms with E-state index in [1.807, 2.05) is 29.2 Å². The van der Waals surface area contributed by atoms with Crippen molar-refractivity contribution in [3.8, 4) is 6.07 Å². The molecule has 0 aliphatic carbocycles. The Hall–Kier alpha value is -3.24. The predicted molar refractivity (Wildman–Crippen MR) is 106 cm³/mol. The second-order valence-electron chi connectivity index (χ2n) is 6.94. The lowest BCUT2D eigenvalue weighted by molar-refractivity contribution is -0.384. The zero-order valence-electron chi connectivity index (χ0n) is 15.8. The molecule has 0 spiro atoms. The topological polar surface area (TPSA) is 90.5 Å². The van der Waals surface area contributed by atoms with Gasteiger partial charge >= 0.3 is 0 Å². The molecule has 0 atom stereocenters. The largest absolute Gasteiger partial charge is 0.365 e. The van der Waals surface area contributed by atoms with Crippen molar-refractivity contribution in [2.75, 3.05) is 31.1 Å². The van der Waals surface area contributed by atoms with Gasteiger partial charge in [0.1, 0.15) is 5.69 Å². The number of nitrogens with zero attached hydrogens (tertiary/aromatic N) is 4. The maximum atomic E-state index is 11.6. The fourth-order valence-corrected chi connectivity index (χ4v) is 3.47. The SMILES string of the molecule is CC(=O)c1ccc(N2CCCN(Cc3ccc(C#N)cc3)CC2)c([N+](=O)[O-])c1. The molecular formula is C21H22N4O3. The number of ketones is 1. The van der Waals surface area contributed by atoms with E-state index in [4.69, 9.17) is 5.26 Å². The molecule has 0 radical (unpaired) electrons. The van der Waals surface area contributed by atoms with Crippen LogP contribution in [0, 0.1) is 21.4 Å². The van der Waals surface area contributed by atoms with Crippen molar-refractivity contribution < 1.29 is 9.72 Å². The summed E-state index contributed by atoms with van der Waals surface area (Å²) in [5.41, 5.74) is 2.69. The molecule has 0 N–H and O–H groups in total. The van der Waals surface area contributed by atoms with Crippen LogP contribution in [0.1, 0.15) is 34.8 Å². The van der Waals surface area contributed by atoms with Crippen LogP contribution in [0.15, 0.2) is 42.5 Å². The van der Waals surface area contributed by atoms with E-state index in [9.17, 15) is 14.9 Å². The van der Waals surface area contributed by atoms with E-state index in [0.29, 0.717) is 23.4 Å². The maximum Gasteiger partial charge on any atom is 0.293 e. The number of Topliss-reactive ketones (excluding diaryl/α,β-unsaturated/α-hetero) is 1. The van der Waals surface area contributed by atoms with Gasteiger partial charge in [0.05, 0.1) is 16.6 Å². The highest BCUT2D eigenvalue weighted by molar-refractivity contribution is 5.95. The Morgan fingerprint density at radius 3 is 2.54 bits per heavy atom. The number of nitro groups is 1. The van der Waals surface area contributed by atoms with E-state index < -0.39 is 4.92 Å². The van der Waals surface area contributed by atoms with Crippen LogP contribution in [0.5, 0.6) is 0 Å². The molecule has 144 valence electrons. The van der Waals surface area contributed by atoms with E-state index in [1.165, 1.54) is 13.0 Å².